The van der Waals surface area contributed by atoms with Gasteiger partial charge in [-0.1, -0.05) is 68.1 Å². The van der Waals surface area contributed by atoms with Crippen molar-refractivity contribution in [2.45, 2.75) is 84.8 Å². The minimum atomic E-state index is -0.525. The van der Waals surface area contributed by atoms with Crippen molar-refractivity contribution in [3.8, 4) is 5.75 Å². The summed E-state index contributed by atoms with van der Waals surface area (Å²) in [7, 11) is 0. The predicted octanol–water partition coefficient (Wildman–Crippen LogP) is 5.25. The van der Waals surface area contributed by atoms with Crippen LogP contribution in [0, 0.1) is 20.8 Å². The number of nitrogens with zero attached hydrogens (tertiary/aromatic N) is 1. The molecule has 2 aromatic rings. The molecule has 1 fully saturated rings. The minimum absolute atomic E-state index is 0.0587. The zero-order chi connectivity index (χ0) is 23.8. The van der Waals surface area contributed by atoms with E-state index in [9.17, 15) is 9.59 Å². The summed E-state index contributed by atoms with van der Waals surface area (Å²) in [6, 6.07) is 13.6. The zero-order valence-corrected chi connectivity index (χ0v) is 20.5. The maximum Gasteiger partial charge on any atom is 0.261 e. The van der Waals surface area contributed by atoms with Crippen molar-refractivity contribution in [3.05, 3.63) is 64.7 Å². The van der Waals surface area contributed by atoms with E-state index >= 15 is 0 Å². The Hall–Kier alpha value is -2.82. The lowest BCUT2D eigenvalue weighted by molar-refractivity contribution is -0.143. The van der Waals surface area contributed by atoms with E-state index in [0.29, 0.717) is 18.7 Å². The number of aryl methyl sites for hydroxylation is 2. The van der Waals surface area contributed by atoms with Crippen LogP contribution in [-0.4, -0.2) is 35.4 Å². The molecule has 3 rings (SSSR count). The van der Waals surface area contributed by atoms with Gasteiger partial charge in [0.25, 0.3) is 5.91 Å². The van der Waals surface area contributed by atoms with Gasteiger partial charge in [-0.25, -0.2) is 0 Å². The Labute approximate surface area is 198 Å². The third-order valence-corrected chi connectivity index (χ3v) is 6.72. The van der Waals surface area contributed by atoms with Crippen LogP contribution >= 0.6 is 0 Å². The third kappa shape index (κ3) is 6.83. The monoisotopic (exact) mass is 450 g/mol. The second-order valence-corrected chi connectivity index (χ2v) is 9.26. The van der Waals surface area contributed by atoms with E-state index in [2.05, 4.69) is 5.32 Å². The molecule has 1 saturated carbocycles. The number of carbonyl (C=O) groups excluding carboxylic acids is 2. The summed E-state index contributed by atoms with van der Waals surface area (Å²) in [5.41, 5.74) is 4.31. The van der Waals surface area contributed by atoms with Crippen molar-refractivity contribution in [2.24, 2.45) is 0 Å². The second-order valence-electron chi connectivity index (χ2n) is 9.26. The fourth-order valence-corrected chi connectivity index (χ4v) is 4.46. The molecule has 0 unspecified atom stereocenters. The normalized spacial score (nSPS) is 15.0. The summed E-state index contributed by atoms with van der Waals surface area (Å²) in [4.78, 5) is 28.4. The summed E-state index contributed by atoms with van der Waals surface area (Å²) in [5, 5.41) is 3.22. The van der Waals surface area contributed by atoms with E-state index in [4.69, 9.17) is 4.74 Å². The summed E-state index contributed by atoms with van der Waals surface area (Å²) in [5.74, 6) is 0.470. The second kappa shape index (κ2) is 11.9. The molecule has 0 spiro atoms. The lowest BCUT2D eigenvalue weighted by Crippen LogP contribution is -2.52. The van der Waals surface area contributed by atoms with Crippen LogP contribution < -0.4 is 10.1 Å². The average Bonchev–Trinajstić information content (AvgIpc) is 2.81. The Morgan fingerprint density at radius 3 is 2.39 bits per heavy atom. The van der Waals surface area contributed by atoms with E-state index in [-0.39, 0.29) is 24.5 Å². The molecule has 0 bridgehead atoms. The van der Waals surface area contributed by atoms with E-state index < -0.39 is 6.04 Å². The Bertz CT molecular complexity index is 933. The minimum Gasteiger partial charge on any atom is -0.483 e. The van der Waals surface area contributed by atoms with Gasteiger partial charge >= 0.3 is 0 Å². The Morgan fingerprint density at radius 2 is 1.73 bits per heavy atom. The topological polar surface area (TPSA) is 58.6 Å². The lowest BCUT2D eigenvalue weighted by Gasteiger charge is -2.32. The molecule has 1 aliphatic rings. The van der Waals surface area contributed by atoms with Gasteiger partial charge < -0.3 is 15.0 Å². The first kappa shape index (κ1) is 24.8. The third-order valence-electron chi connectivity index (χ3n) is 6.72. The standard InChI is InChI=1S/C28H38N2O3/c1-5-25(28(32)29-24-11-7-6-8-12-24)30(18-23-16-14-20(2)15-17-23)27(31)19-33-26-13-9-10-21(3)22(26)4/h9-10,13-17,24-25H,5-8,11-12,18-19H2,1-4H3,(H,29,32)/t25-/m0/s1. The summed E-state index contributed by atoms with van der Waals surface area (Å²) >= 11 is 0. The highest BCUT2D eigenvalue weighted by atomic mass is 16.5. The first-order valence-corrected chi connectivity index (χ1v) is 12.2. The summed E-state index contributed by atoms with van der Waals surface area (Å²) in [6.45, 7) is 8.31. The highest BCUT2D eigenvalue weighted by Gasteiger charge is 2.30. The Kier molecular flexibility index (Phi) is 8.93. The molecule has 1 N–H and O–H groups in total. The maximum absolute atomic E-state index is 13.4. The molecular weight excluding hydrogens is 412 g/mol. The van der Waals surface area contributed by atoms with E-state index in [1.165, 1.54) is 6.42 Å². The highest BCUT2D eigenvalue weighted by molar-refractivity contribution is 5.88. The molecule has 33 heavy (non-hydrogen) atoms. The van der Waals surface area contributed by atoms with Crippen molar-refractivity contribution >= 4 is 11.8 Å². The van der Waals surface area contributed by atoms with Gasteiger partial charge in [0.05, 0.1) is 0 Å². The van der Waals surface area contributed by atoms with Crippen molar-refractivity contribution in [1.82, 2.24) is 10.2 Å². The maximum atomic E-state index is 13.4. The Morgan fingerprint density at radius 1 is 1.03 bits per heavy atom. The van der Waals surface area contributed by atoms with Crippen LogP contribution in [0.15, 0.2) is 42.5 Å². The molecule has 0 aromatic heterocycles. The molecule has 2 amide bonds. The SMILES string of the molecule is CC[C@@H](C(=O)NC1CCCCC1)N(Cc1ccc(C)cc1)C(=O)COc1cccc(C)c1C. The number of hydrogen-bond acceptors (Lipinski definition) is 3. The molecule has 2 aromatic carbocycles. The fraction of sp³-hybridized carbons (Fsp3) is 0.500. The summed E-state index contributed by atoms with van der Waals surface area (Å²) in [6.07, 6.45) is 6.12. The van der Waals surface area contributed by atoms with Gasteiger partial charge in [0.15, 0.2) is 6.61 Å². The molecular formula is C28H38N2O3. The number of carbonyl (C=O) groups is 2. The van der Waals surface area contributed by atoms with Crippen LogP contribution in [0.3, 0.4) is 0 Å². The number of rotatable bonds is 9. The molecule has 1 aliphatic carbocycles. The van der Waals surface area contributed by atoms with E-state index in [0.717, 1.165) is 47.9 Å². The largest absolute Gasteiger partial charge is 0.483 e. The molecule has 0 heterocycles. The summed E-state index contributed by atoms with van der Waals surface area (Å²) < 4.78 is 5.92. The van der Waals surface area contributed by atoms with Crippen LogP contribution in [0.25, 0.3) is 0 Å². The van der Waals surface area contributed by atoms with Gasteiger partial charge in [-0.05, 0) is 62.8 Å². The van der Waals surface area contributed by atoms with Crippen LogP contribution in [0.4, 0.5) is 0 Å². The molecule has 0 aliphatic heterocycles. The molecule has 5 nitrogen and oxygen atoms in total. The van der Waals surface area contributed by atoms with Gasteiger partial charge in [-0.2, -0.15) is 0 Å². The van der Waals surface area contributed by atoms with Crippen LogP contribution in [0.5, 0.6) is 5.75 Å². The van der Waals surface area contributed by atoms with Crippen molar-refractivity contribution in [1.29, 1.82) is 0 Å². The zero-order valence-electron chi connectivity index (χ0n) is 20.5. The fourth-order valence-electron chi connectivity index (χ4n) is 4.46. The van der Waals surface area contributed by atoms with E-state index in [1.54, 1.807) is 4.90 Å². The van der Waals surface area contributed by atoms with Gasteiger partial charge in [0, 0.05) is 12.6 Å². The van der Waals surface area contributed by atoms with Gasteiger partial charge in [0.2, 0.25) is 5.91 Å². The number of nitrogens with one attached hydrogen (secondary N) is 1. The van der Waals surface area contributed by atoms with Crippen molar-refractivity contribution in [3.63, 3.8) is 0 Å². The van der Waals surface area contributed by atoms with Crippen LogP contribution in [-0.2, 0) is 16.1 Å². The van der Waals surface area contributed by atoms with Gasteiger partial charge in [0.1, 0.15) is 11.8 Å². The number of ether oxygens (including phenoxy) is 1. The first-order valence-electron chi connectivity index (χ1n) is 12.2. The smallest absolute Gasteiger partial charge is 0.261 e. The molecule has 1 atom stereocenters. The molecule has 5 heteroatoms. The average molecular weight is 451 g/mol. The van der Waals surface area contributed by atoms with Gasteiger partial charge in [-0.15, -0.1) is 0 Å². The Balaban J connectivity index is 1.77. The van der Waals surface area contributed by atoms with E-state index in [1.807, 2.05) is 70.2 Å². The number of amides is 2. The van der Waals surface area contributed by atoms with Crippen LogP contribution in [0.1, 0.15) is 67.7 Å². The molecule has 0 saturated heterocycles. The molecule has 0 radical (unpaired) electrons. The number of benzene rings is 2. The van der Waals surface area contributed by atoms with Crippen molar-refractivity contribution in [2.75, 3.05) is 6.61 Å². The number of hydrogen-bond donors (Lipinski definition) is 1. The quantitative estimate of drug-likeness (QED) is 0.568. The van der Waals surface area contributed by atoms with Crippen LogP contribution in [0.2, 0.25) is 0 Å². The van der Waals surface area contributed by atoms with Gasteiger partial charge in [-0.3, -0.25) is 9.59 Å². The highest BCUT2D eigenvalue weighted by Crippen LogP contribution is 2.22. The van der Waals surface area contributed by atoms with Crippen molar-refractivity contribution < 1.29 is 14.3 Å². The predicted molar refractivity (Wildman–Crippen MR) is 132 cm³/mol. The molecule has 178 valence electrons. The lowest BCUT2D eigenvalue weighted by atomic mass is 9.95. The first-order chi connectivity index (χ1) is 15.9.